The summed E-state index contributed by atoms with van der Waals surface area (Å²) in [7, 11) is 0. The average Bonchev–Trinajstić information content (AvgIpc) is 2.93. The van der Waals surface area contributed by atoms with Crippen molar-refractivity contribution in [1.82, 2.24) is 10.3 Å². The molecular weight excluding hydrogens is 419 g/mol. The monoisotopic (exact) mass is 440 g/mol. The summed E-state index contributed by atoms with van der Waals surface area (Å²) in [4.78, 5) is 24.5. The summed E-state index contributed by atoms with van der Waals surface area (Å²) in [6.45, 7) is 1.99. The summed E-state index contributed by atoms with van der Waals surface area (Å²) >= 11 is 8.07. The Morgan fingerprint density at radius 2 is 1.79 bits per heavy atom. The molecule has 0 saturated carbocycles. The second kappa shape index (κ2) is 11.7. The molecule has 0 spiro atoms. The number of rotatable bonds is 6. The van der Waals surface area contributed by atoms with Crippen LogP contribution in [0.1, 0.15) is 29.7 Å². The molecule has 0 atom stereocenters. The van der Waals surface area contributed by atoms with E-state index >= 15 is 0 Å². The fourth-order valence-corrected chi connectivity index (χ4v) is 4.13. The van der Waals surface area contributed by atoms with Crippen molar-refractivity contribution in [2.24, 2.45) is 0 Å². The molecule has 156 valence electrons. The van der Waals surface area contributed by atoms with Gasteiger partial charge in [-0.05, 0) is 55.3 Å². The molecule has 0 amide bonds. The van der Waals surface area contributed by atoms with Crippen molar-refractivity contribution in [2.75, 3.05) is 13.1 Å². The molecule has 0 saturated heterocycles. The maximum atomic E-state index is 12.9. The van der Waals surface area contributed by atoms with Crippen LogP contribution in [-0.4, -0.2) is 40.2 Å². The van der Waals surface area contributed by atoms with E-state index in [2.05, 4.69) is 16.4 Å². The summed E-state index contributed by atoms with van der Waals surface area (Å²) in [5, 5.41) is 20.0. The first-order valence-corrected chi connectivity index (χ1v) is 10.4. The molecule has 1 aromatic heterocycles. The van der Waals surface area contributed by atoms with Crippen LogP contribution in [0, 0.1) is 5.82 Å². The van der Waals surface area contributed by atoms with Gasteiger partial charge in [-0.3, -0.25) is 14.6 Å². The number of thioether (sulfide) groups is 1. The van der Waals surface area contributed by atoms with E-state index in [0.717, 1.165) is 41.5 Å². The van der Waals surface area contributed by atoms with Crippen LogP contribution < -0.4 is 5.32 Å². The maximum absolute atomic E-state index is 12.9. The molecule has 9 heteroatoms. The first-order valence-electron chi connectivity index (χ1n) is 9.04. The molecule has 3 rings (SSSR count). The Morgan fingerprint density at radius 3 is 2.41 bits per heavy atom. The molecule has 1 aliphatic heterocycles. The van der Waals surface area contributed by atoms with E-state index in [9.17, 15) is 14.0 Å². The molecule has 0 fully saturated rings. The Labute approximate surface area is 177 Å². The van der Waals surface area contributed by atoms with E-state index in [1.807, 2.05) is 6.07 Å². The van der Waals surface area contributed by atoms with Crippen LogP contribution in [0.5, 0.6) is 0 Å². The first kappa shape index (κ1) is 23.1. The fourth-order valence-electron chi connectivity index (χ4n) is 2.72. The molecule has 2 aromatic rings. The van der Waals surface area contributed by atoms with Gasteiger partial charge < -0.3 is 15.5 Å². The Kier molecular flexibility index (Phi) is 9.37. The van der Waals surface area contributed by atoms with Gasteiger partial charge in [-0.2, -0.15) is 0 Å². The van der Waals surface area contributed by atoms with Crippen molar-refractivity contribution in [3.8, 4) is 0 Å². The number of nitrogens with one attached hydrogen (secondary N) is 1. The van der Waals surface area contributed by atoms with Gasteiger partial charge in [0, 0.05) is 10.6 Å². The quantitative estimate of drug-likeness (QED) is 0.587. The summed E-state index contributed by atoms with van der Waals surface area (Å²) in [6, 6.07) is 7.27. The van der Waals surface area contributed by atoms with Gasteiger partial charge in [0.15, 0.2) is 0 Å². The molecule has 29 heavy (non-hydrogen) atoms. The predicted octanol–water partition coefficient (Wildman–Crippen LogP) is 3.79. The van der Waals surface area contributed by atoms with Gasteiger partial charge in [0.1, 0.15) is 5.82 Å². The number of carboxylic acids is 2. The number of hydrogen-bond acceptors (Lipinski definition) is 5. The Morgan fingerprint density at radius 1 is 1.10 bits per heavy atom. The lowest BCUT2D eigenvalue weighted by molar-refractivity contribution is -0.143. The van der Waals surface area contributed by atoms with Crippen LogP contribution in [0.2, 0.25) is 5.02 Å². The zero-order valence-electron chi connectivity index (χ0n) is 15.7. The lowest BCUT2D eigenvalue weighted by atomic mass is 10.0. The van der Waals surface area contributed by atoms with Crippen molar-refractivity contribution in [3.63, 3.8) is 0 Å². The van der Waals surface area contributed by atoms with Crippen molar-refractivity contribution < 1.29 is 24.2 Å². The summed E-state index contributed by atoms with van der Waals surface area (Å²) < 4.78 is 12.9. The standard InChI is InChI=1S/C16H16ClFN2S.C4H6O4/c17-15-4-1-11-5-7-19-8-6-14(11)16(15)21-10-13-3-2-12(18)9-20-13;5-3(6)1-2-4(7)8/h1-4,9,19H,5-8,10H2;1-2H2,(H,5,6)(H,7,8). The topological polar surface area (TPSA) is 99.5 Å². The number of nitrogens with zero attached hydrogens (tertiary/aromatic N) is 1. The molecule has 1 aliphatic rings. The Hall–Kier alpha value is -2.16. The van der Waals surface area contributed by atoms with Gasteiger partial charge in [-0.15, -0.1) is 11.8 Å². The number of carbonyl (C=O) groups is 2. The molecule has 2 heterocycles. The largest absolute Gasteiger partial charge is 0.481 e. The number of pyridine rings is 1. The van der Waals surface area contributed by atoms with Gasteiger partial charge >= 0.3 is 11.9 Å². The summed E-state index contributed by atoms with van der Waals surface area (Å²) in [5.74, 6) is -1.76. The van der Waals surface area contributed by atoms with Crippen molar-refractivity contribution >= 4 is 35.3 Å². The van der Waals surface area contributed by atoms with Crippen molar-refractivity contribution in [2.45, 2.75) is 36.3 Å². The highest BCUT2D eigenvalue weighted by atomic mass is 35.5. The number of fused-ring (bicyclic) bond motifs is 1. The highest BCUT2D eigenvalue weighted by Crippen LogP contribution is 2.35. The number of aromatic nitrogens is 1. The van der Waals surface area contributed by atoms with E-state index in [1.165, 1.54) is 23.4 Å². The van der Waals surface area contributed by atoms with Gasteiger partial charge in [0.2, 0.25) is 0 Å². The van der Waals surface area contributed by atoms with Crippen molar-refractivity contribution in [3.05, 3.63) is 58.1 Å². The van der Waals surface area contributed by atoms with E-state index in [-0.39, 0.29) is 18.7 Å². The normalized spacial score (nSPS) is 12.9. The SMILES string of the molecule is Fc1ccc(CSc2c(Cl)ccc3c2CCNCC3)nc1.O=C(O)CCC(=O)O. The molecule has 0 bridgehead atoms. The summed E-state index contributed by atoms with van der Waals surface area (Å²) in [6.07, 6.45) is 2.70. The fraction of sp³-hybridized carbons (Fsp3) is 0.350. The van der Waals surface area contributed by atoms with Crippen LogP contribution >= 0.6 is 23.4 Å². The van der Waals surface area contributed by atoms with Crippen LogP contribution in [0.3, 0.4) is 0 Å². The minimum Gasteiger partial charge on any atom is -0.481 e. The first-order chi connectivity index (χ1) is 13.9. The third-order valence-corrected chi connectivity index (χ3v) is 5.76. The van der Waals surface area contributed by atoms with E-state index < -0.39 is 11.9 Å². The zero-order valence-corrected chi connectivity index (χ0v) is 17.2. The molecule has 1 aromatic carbocycles. The van der Waals surface area contributed by atoms with Gasteiger partial charge in [0.05, 0.1) is 29.8 Å². The molecule has 3 N–H and O–H groups in total. The zero-order chi connectivity index (χ0) is 21.2. The van der Waals surface area contributed by atoms with Crippen molar-refractivity contribution in [1.29, 1.82) is 0 Å². The molecular formula is C20H22ClFN2O4S. The third kappa shape index (κ3) is 8.00. The Balaban J connectivity index is 0.000000321. The van der Waals surface area contributed by atoms with Crippen LogP contribution in [-0.2, 0) is 28.2 Å². The van der Waals surface area contributed by atoms with Gasteiger partial charge in [-0.1, -0.05) is 17.7 Å². The minimum atomic E-state index is -1.08. The lowest BCUT2D eigenvalue weighted by Crippen LogP contribution is -2.16. The Bertz CT molecular complexity index is 835. The molecule has 0 radical (unpaired) electrons. The number of hydrogen-bond donors (Lipinski definition) is 3. The predicted molar refractivity (Wildman–Crippen MR) is 110 cm³/mol. The number of benzene rings is 1. The smallest absolute Gasteiger partial charge is 0.303 e. The third-order valence-electron chi connectivity index (χ3n) is 4.14. The number of aliphatic carboxylic acids is 2. The van der Waals surface area contributed by atoms with E-state index in [0.29, 0.717) is 5.75 Å². The highest BCUT2D eigenvalue weighted by Gasteiger charge is 2.15. The van der Waals surface area contributed by atoms with E-state index in [4.69, 9.17) is 21.8 Å². The number of carboxylic acid groups (broad SMARTS) is 2. The second-order valence-electron chi connectivity index (χ2n) is 6.31. The number of halogens is 2. The lowest BCUT2D eigenvalue weighted by Gasteiger charge is -2.13. The molecule has 6 nitrogen and oxygen atoms in total. The average molecular weight is 441 g/mol. The highest BCUT2D eigenvalue weighted by molar-refractivity contribution is 7.98. The minimum absolute atomic E-state index is 0.296. The van der Waals surface area contributed by atoms with Gasteiger partial charge in [0.25, 0.3) is 0 Å². The van der Waals surface area contributed by atoms with Crippen LogP contribution in [0.4, 0.5) is 4.39 Å². The van der Waals surface area contributed by atoms with E-state index in [1.54, 1.807) is 17.8 Å². The van der Waals surface area contributed by atoms with Crippen LogP contribution in [0.15, 0.2) is 35.4 Å². The van der Waals surface area contributed by atoms with Gasteiger partial charge in [-0.25, -0.2) is 4.39 Å². The molecule has 0 aliphatic carbocycles. The molecule has 0 unspecified atom stereocenters. The second-order valence-corrected chi connectivity index (χ2v) is 7.70. The summed E-state index contributed by atoms with van der Waals surface area (Å²) in [5.41, 5.74) is 3.58. The maximum Gasteiger partial charge on any atom is 0.303 e. The van der Waals surface area contributed by atoms with Crippen LogP contribution in [0.25, 0.3) is 0 Å².